The fourth-order valence-electron chi connectivity index (χ4n) is 0.855. The first-order valence-electron chi connectivity index (χ1n) is 3.56. The van der Waals surface area contributed by atoms with E-state index in [1.807, 2.05) is 22.6 Å². The number of carbonyl (C=O) groups excluding carboxylic acids is 1. The molecule has 1 N–H and O–H groups in total. The van der Waals surface area contributed by atoms with E-state index in [-0.39, 0.29) is 16.9 Å². The Bertz CT molecular complexity index is 356. The van der Waals surface area contributed by atoms with Gasteiger partial charge in [-0.25, -0.2) is 0 Å². The SMILES string of the molecule is CCC(=O)c1cc(I)c[nH]c1=O. The van der Waals surface area contributed by atoms with E-state index >= 15 is 0 Å². The second-order valence-electron chi connectivity index (χ2n) is 2.34. The third-order valence-electron chi connectivity index (χ3n) is 1.49. The molecule has 0 fully saturated rings. The maximum Gasteiger partial charge on any atom is 0.258 e. The van der Waals surface area contributed by atoms with Gasteiger partial charge in [0.25, 0.3) is 5.56 Å². The zero-order valence-corrected chi connectivity index (χ0v) is 8.71. The summed E-state index contributed by atoms with van der Waals surface area (Å²) in [5.41, 5.74) is -0.0494. The van der Waals surface area contributed by atoms with Gasteiger partial charge in [0, 0.05) is 16.2 Å². The van der Waals surface area contributed by atoms with Gasteiger partial charge in [0.05, 0.1) is 5.56 Å². The van der Waals surface area contributed by atoms with Gasteiger partial charge in [-0.3, -0.25) is 9.59 Å². The van der Waals surface area contributed by atoms with E-state index in [0.29, 0.717) is 6.42 Å². The summed E-state index contributed by atoms with van der Waals surface area (Å²) in [5, 5.41) is 0. The van der Waals surface area contributed by atoms with Crippen molar-refractivity contribution in [3.63, 3.8) is 0 Å². The molecular weight excluding hydrogens is 269 g/mol. The van der Waals surface area contributed by atoms with Gasteiger partial charge < -0.3 is 4.98 Å². The van der Waals surface area contributed by atoms with Gasteiger partial charge in [0.2, 0.25) is 0 Å². The van der Waals surface area contributed by atoms with Gasteiger partial charge in [0.15, 0.2) is 5.78 Å². The van der Waals surface area contributed by atoms with Crippen molar-refractivity contribution >= 4 is 28.4 Å². The molecule has 0 bridgehead atoms. The van der Waals surface area contributed by atoms with E-state index in [2.05, 4.69) is 4.98 Å². The lowest BCUT2D eigenvalue weighted by atomic mass is 10.1. The van der Waals surface area contributed by atoms with E-state index in [4.69, 9.17) is 0 Å². The molecular formula is C8H8INO2. The zero-order chi connectivity index (χ0) is 9.14. The molecule has 0 radical (unpaired) electrons. The molecule has 1 rings (SSSR count). The normalized spacial score (nSPS) is 9.83. The van der Waals surface area contributed by atoms with Crippen LogP contribution in [0.25, 0.3) is 0 Å². The molecule has 0 aliphatic rings. The Morgan fingerprint density at radius 1 is 1.67 bits per heavy atom. The first kappa shape index (κ1) is 9.44. The number of carbonyl (C=O) groups is 1. The number of ketones is 1. The summed E-state index contributed by atoms with van der Waals surface area (Å²) in [7, 11) is 0. The lowest BCUT2D eigenvalue weighted by Crippen LogP contribution is -2.16. The summed E-state index contributed by atoms with van der Waals surface area (Å²) in [5.74, 6) is -0.116. The summed E-state index contributed by atoms with van der Waals surface area (Å²) in [4.78, 5) is 24.8. The van der Waals surface area contributed by atoms with Gasteiger partial charge in [0.1, 0.15) is 0 Å². The van der Waals surface area contributed by atoms with E-state index in [1.165, 1.54) is 0 Å². The summed E-state index contributed by atoms with van der Waals surface area (Å²) < 4.78 is 0.865. The highest BCUT2D eigenvalue weighted by Gasteiger charge is 2.07. The molecule has 64 valence electrons. The number of halogens is 1. The van der Waals surface area contributed by atoms with Crippen molar-refractivity contribution in [2.45, 2.75) is 13.3 Å². The standard InChI is InChI=1S/C8H8INO2/c1-2-7(11)6-3-5(9)4-10-8(6)12/h3-4H,2H2,1H3,(H,10,12). The molecule has 0 atom stereocenters. The molecule has 1 aromatic rings. The Morgan fingerprint density at radius 2 is 2.33 bits per heavy atom. The van der Waals surface area contributed by atoms with Crippen molar-refractivity contribution in [2.24, 2.45) is 0 Å². The molecule has 0 unspecified atom stereocenters. The van der Waals surface area contributed by atoms with Gasteiger partial charge in [-0.15, -0.1) is 0 Å². The first-order valence-corrected chi connectivity index (χ1v) is 4.64. The van der Waals surface area contributed by atoms with Crippen LogP contribution in [0.5, 0.6) is 0 Å². The Labute approximate surface area is 83.3 Å². The van der Waals surface area contributed by atoms with Crippen LogP contribution in [0.3, 0.4) is 0 Å². The minimum Gasteiger partial charge on any atom is -0.327 e. The van der Waals surface area contributed by atoms with Crippen LogP contribution in [0, 0.1) is 3.57 Å². The number of pyridine rings is 1. The van der Waals surface area contributed by atoms with E-state index in [1.54, 1.807) is 19.2 Å². The van der Waals surface area contributed by atoms with Crippen LogP contribution in [-0.4, -0.2) is 10.8 Å². The molecule has 0 aliphatic carbocycles. The van der Waals surface area contributed by atoms with Gasteiger partial charge in [-0.05, 0) is 28.7 Å². The topological polar surface area (TPSA) is 49.9 Å². The molecule has 3 nitrogen and oxygen atoms in total. The van der Waals surface area contributed by atoms with E-state index in [0.717, 1.165) is 3.57 Å². The number of Topliss-reactive ketones (excluding diaryl/α,β-unsaturated/α-hetero) is 1. The lowest BCUT2D eigenvalue weighted by molar-refractivity contribution is 0.0986. The Kier molecular flexibility index (Phi) is 3.02. The van der Waals surface area contributed by atoms with Crippen molar-refractivity contribution in [3.05, 3.63) is 31.8 Å². The summed E-state index contributed by atoms with van der Waals surface area (Å²) in [6, 6.07) is 1.60. The third kappa shape index (κ3) is 1.94. The van der Waals surface area contributed by atoms with E-state index in [9.17, 15) is 9.59 Å². The predicted molar refractivity (Wildman–Crippen MR) is 54.4 cm³/mol. The summed E-state index contributed by atoms with van der Waals surface area (Å²) in [6.07, 6.45) is 1.94. The number of H-pyrrole nitrogens is 1. The van der Waals surface area contributed by atoms with Crippen LogP contribution < -0.4 is 5.56 Å². The quantitative estimate of drug-likeness (QED) is 0.659. The third-order valence-corrected chi connectivity index (χ3v) is 2.11. The Hall–Kier alpha value is -0.650. The molecule has 0 aromatic carbocycles. The highest BCUT2D eigenvalue weighted by Crippen LogP contribution is 2.03. The first-order chi connectivity index (χ1) is 5.65. The second kappa shape index (κ2) is 3.84. The van der Waals surface area contributed by atoms with E-state index < -0.39 is 0 Å². The maximum atomic E-state index is 11.2. The van der Waals surface area contributed by atoms with Crippen molar-refractivity contribution in [1.29, 1.82) is 0 Å². The molecule has 1 heterocycles. The van der Waals surface area contributed by atoms with Crippen LogP contribution in [0.15, 0.2) is 17.1 Å². The van der Waals surface area contributed by atoms with Crippen molar-refractivity contribution in [3.8, 4) is 0 Å². The molecule has 12 heavy (non-hydrogen) atoms. The lowest BCUT2D eigenvalue weighted by Gasteiger charge is -1.96. The number of nitrogens with one attached hydrogen (secondary N) is 1. The molecule has 0 saturated carbocycles. The number of hydrogen-bond donors (Lipinski definition) is 1. The number of rotatable bonds is 2. The predicted octanol–water partition coefficient (Wildman–Crippen LogP) is 1.57. The number of aromatic nitrogens is 1. The van der Waals surface area contributed by atoms with Crippen LogP contribution >= 0.6 is 22.6 Å². The molecule has 4 heteroatoms. The molecule has 0 saturated heterocycles. The average Bonchev–Trinajstić information content (AvgIpc) is 2.08. The van der Waals surface area contributed by atoms with Crippen LogP contribution in [0.4, 0.5) is 0 Å². The minimum atomic E-state index is -0.303. The summed E-state index contributed by atoms with van der Waals surface area (Å²) in [6.45, 7) is 1.74. The van der Waals surface area contributed by atoms with Gasteiger partial charge in [-0.2, -0.15) is 0 Å². The highest BCUT2D eigenvalue weighted by molar-refractivity contribution is 14.1. The van der Waals surface area contributed by atoms with Crippen LogP contribution in [-0.2, 0) is 0 Å². The highest BCUT2D eigenvalue weighted by atomic mass is 127. The monoisotopic (exact) mass is 277 g/mol. The average molecular weight is 277 g/mol. The van der Waals surface area contributed by atoms with Crippen LogP contribution in [0.2, 0.25) is 0 Å². The van der Waals surface area contributed by atoms with Gasteiger partial charge in [-0.1, -0.05) is 6.92 Å². The smallest absolute Gasteiger partial charge is 0.258 e. The van der Waals surface area contributed by atoms with Gasteiger partial charge >= 0.3 is 0 Å². The zero-order valence-electron chi connectivity index (χ0n) is 6.56. The summed E-state index contributed by atoms with van der Waals surface area (Å²) >= 11 is 2.05. The maximum absolute atomic E-state index is 11.2. The minimum absolute atomic E-state index is 0.116. The molecule has 0 spiro atoms. The molecule has 0 aliphatic heterocycles. The van der Waals surface area contributed by atoms with Crippen molar-refractivity contribution in [1.82, 2.24) is 4.98 Å². The van der Waals surface area contributed by atoms with Crippen molar-refractivity contribution in [2.75, 3.05) is 0 Å². The number of hydrogen-bond acceptors (Lipinski definition) is 2. The molecule has 1 aromatic heterocycles. The fraction of sp³-hybridized carbons (Fsp3) is 0.250. The Balaban J connectivity index is 3.23. The fourth-order valence-corrected chi connectivity index (χ4v) is 1.32. The molecule has 0 amide bonds. The largest absolute Gasteiger partial charge is 0.327 e. The second-order valence-corrected chi connectivity index (χ2v) is 3.58. The Morgan fingerprint density at radius 3 is 2.92 bits per heavy atom. The number of aromatic amines is 1. The van der Waals surface area contributed by atoms with Crippen molar-refractivity contribution < 1.29 is 4.79 Å². The van der Waals surface area contributed by atoms with Crippen LogP contribution in [0.1, 0.15) is 23.7 Å².